The molecule has 0 radical (unpaired) electrons. The molecule has 74 heavy (non-hydrogen) atoms. The van der Waals surface area contributed by atoms with Crippen LogP contribution in [0.15, 0.2) is 243 Å². The van der Waals surface area contributed by atoms with Crippen molar-refractivity contribution in [2.75, 3.05) is 0 Å². The van der Waals surface area contributed by atoms with Gasteiger partial charge in [-0.2, -0.15) is 5.26 Å². The molecule has 342 valence electrons. The predicted molar refractivity (Wildman–Crippen MR) is 306 cm³/mol. The summed E-state index contributed by atoms with van der Waals surface area (Å²) in [7, 11) is 0. The van der Waals surface area contributed by atoms with Crippen LogP contribution in [0.25, 0.3) is 137 Å². The molecule has 0 fully saturated rings. The minimum Gasteiger partial charge on any atom is -0.309 e. The number of rotatable bonds is 6. The average Bonchev–Trinajstić information content (AvgIpc) is 4.20. The molecule has 0 atom stereocenters. The summed E-state index contributed by atoms with van der Waals surface area (Å²) in [5, 5.41) is 19.4. The van der Waals surface area contributed by atoms with Crippen LogP contribution in [0, 0.1) is 17.9 Å². The van der Waals surface area contributed by atoms with E-state index in [1.54, 1.807) is 0 Å². The lowest BCUT2D eigenvalue weighted by molar-refractivity contribution is 1.13. The Labute approximate surface area is 425 Å². The molecule has 4 heterocycles. The highest BCUT2D eigenvalue weighted by Gasteiger charge is 2.24. The van der Waals surface area contributed by atoms with E-state index in [4.69, 9.17) is 6.57 Å². The summed E-state index contributed by atoms with van der Waals surface area (Å²) in [4.78, 5) is 3.78. The fourth-order valence-electron chi connectivity index (χ4n) is 12.0. The lowest BCUT2D eigenvalue weighted by Gasteiger charge is -2.21. The molecule has 6 heteroatoms. The van der Waals surface area contributed by atoms with Crippen molar-refractivity contribution in [3.05, 3.63) is 260 Å². The van der Waals surface area contributed by atoms with Gasteiger partial charge < -0.3 is 18.3 Å². The molecule has 15 rings (SSSR count). The van der Waals surface area contributed by atoms with Crippen LogP contribution in [0.3, 0.4) is 0 Å². The van der Waals surface area contributed by atoms with Crippen molar-refractivity contribution in [2.24, 2.45) is 0 Å². The molecule has 0 amide bonds. The van der Waals surface area contributed by atoms with Gasteiger partial charge in [-0.3, -0.25) is 0 Å². The molecule has 0 saturated carbocycles. The van der Waals surface area contributed by atoms with E-state index in [1.165, 1.54) is 32.6 Å². The molecule has 6 nitrogen and oxygen atoms in total. The van der Waals surface area contributed by atoms with Gasteiger partial charge in [-0.1, -0.05) is 146 Å². The second kappa shape index (κ2) is 16.1. The van der Waals surface area contributed by atoms with Crippen molar-refractivity contribution in [3.8, 4) is 51.1 Å². The number of hydrogen-bond acceptors (Lipinski definition) is 1. The Morgan fingerprint density at radius 3 is 1.00 bits per heavy atom. The second-order valence-corrected chi connectivity index (χ2v) is 19.1. The molecule has 0 saturated heterocycles. The molecule has 0 bridgehead atoms. The highest BCUT2D eigenvalue weighted by molar-refractivity contribution is 6.15. The van der Waals surface area contributed by atoms with E-state index in [0.717, 1.165) is 99.6 Å². The van der Waals surface area contributed by atoms with Crippen LogP contribution in [-0.4, -0.2) is 18.3 Å². The van der Waals surface area contributed by atoms with Gasteiger partial charge in [0.1, 0.15) is 0 Å². The van der Waals surface area contributed by atoms with E-state index < -0.39 is 0 Å². The minimum absolute atomic E-state index is 0.583. The number of benzene rings is 11. The number of nitriles is 1. The average molecular weight is 941 g/mol. The Bertz CT molecular complexity index is 4490. The van der Waals surface area contributed by atoms with E-state index >= 15 is 0 Å². The maximum absolute atomic E-state index is 9.98. The number of aromatic nitrogens is 4. The maximum Gasteiger partial charge on any atom is 0.187 e. The zero-order valence-electron chi connectivity index (χ0n) is 39.8. The van der Waals surface area contributed by atoms with Crippen molar-refractivity contribution < 1.29 is 0 Å². The van der Waals surface area contributed by atoms with Crippen LogP contribution >= 0.6 is 0 Å². The summed E-state index contributed by atoms with van der Waals surface area (Å²) in [6.07, 6.45) is 0. The molecular formula is C68H40N6. The highest BCUT2D eigenvalue weighted by Crippen LogP contribution is 2.45. The topological polar surface area (TPSA) is 47.9 Å². The van der Waals surface area contributed by atoms with E-state index in [1.807, 2.05) is 24.3 Å². The first kappa shape index (κ1) is 41.4. The SMILES string of the molecule is [C-]#[N+]c1ccc(-c2cc(-c3ccc(C#N)cc3)c(-n3c4ccccc4c4cc(-n5c6ccccc6c6ccccc65)ccc43)cc2-n2c3ccccc3c3cc(-n4c5ccccc5c5ccccc54)ccc32)cc1. The molecule has 0 aliphatic rings. The Morgan fingerprint density at radius 1 is 0.311 bits per heavy atom. The molecule has 4 aromatic heterocycles. The summed E-state index contributed by atoms with van der Waals surface area (Å²) in [6, 6.07) is 88.8. The third-order valence-electron chi connectivity index (χ3n) is 15.2. The molecule has 15 aromatic rings. The lowest BCUT2D eigenvalue weighted by Crippen LogP contribution is -2.04. The van der Waals surface area contributed by atoms with Crippen molar-refractivity contribution in [1.82, 2.24) is 18.3 Å². The van der Waals surface area contributed by atoms with E-state index in [2.05, 4.69) is 248 Å². The monoisotopic (exact) mass is 940 g/mol. The zero-order chi connectivity index (χ0) is 49.0. The van der Waals surface area contributed by atoms with Crippen molar-refractivity contribution in [3.63, 3.8) is 0 Å². The lowest BCUT2D eigenvalue weighted by atomic mass is 9.94. The van der Waals surface area contributed by atoms with Crippen molar-refractivity contribution in [1.29, 1.82) is 5.26 Å². The van der Waals surface area contributed by atoms with Gasteiger partial charge >= 0.3 is 0 Å². The Kier molecular flexibility index (Phi) is 8.99. The molecule has 0 unspecified atom stereocenters. The first-order valence-electron chi connectivity index (χ1n) is 24.8. The van der Waals surface area contributed by atoms with Gasteiger partial charge in [-0.25, -0.2) is 4.85 Å². The van der Waals surface area contributed by atoms with Gasteiger partial charge in [0.25, 0.3) is 0 Å². The first-order chi connectivity index (χ1) is 36.6. The second-order valence-electron chi connectivity index (χ2n) is 19.1. The van der Waals surface area contributed by atoms with Crippen LogP contribution in [0.1, 0.15) is 5.56 Å². The van der Waals surface area contributed by atoms with Crippen LogP contribution in [0.4, 0.5) is 5.69 Å². The largest absolute Gasteiger partial charge is 0.309 e. The molecule has 0 N–H and O–H groups in total. The summed E-state index contributed by atoms with van der Waals surface area (Å²) in [6.45, 7) is 7.85. The van der Waals surface area contributed by atoms with Gasteiger partial charge in [0.2, 0.25) is 0 Å². The summed E-state index contributed by atoms with van der Waals surface area (Å²) < 4.78 is 9.63. The van der Waals surface area contributed by atoms with Gasteiger partial charge in [0, 0.05) is 65.6 Å². The number of para-hydroxylation sites is 6. The van der Waals surface area contributed by atoms with Gasteiger partial charge in [-0.05, 0) is 108 Å². The standard InChI is InChI=1S/C68H40N6/c1-70-46-32-30-45(31-33-46)56-40-55(44-28-26-43(42-69)27-29-44)67(73-63-24-12-6-18-53(63)57-38-47(34-36-65(57)73)71-59-20-8-2-14-49(59)50-15-3-9-21-60(50)71)41-68(56)74-64-25-13-7-19-54(64)58-39-48(35-37-66(58)74)72-61-22-10-4-16-51(61)52-17-5-11-23-62(52)72/h2-41H. The van der Waals surface area contributed by atoms with Crippen LogP contribution in [0.5, 0.6) is 0 Å². The summed E-state index contributed by atoms with van der Waals surface area (Å²) in [5.41, 5.74) is 18.3. The van der Waals surface area contributed by atoms with Crippen LogP contribution < -0.4 is 0 Å². The summed E-state index contributed by atoms with van der Waals surface area (Å²) >= 11 is 0. The van der Waals surface area contributed by atoms with Crippen molar-refractivity contribution in [2.45, 2.75) is 0 Å². The van der Waals surface area contributed by atoms with E-state index in [9.17, 15) is 5.26 Å². The Morgan fingerprint density at radius 2 is 0.635 bits per heavy atom. The van der Waals surface area contributed by atoms with Gasteiger partial charge in [-0.15, -0.1) is 0 Å². The highest BCUT2D eigenvalue weighted by atomic mass is 15.0. The zero-order valence-corrected chi connectivity index (χ0v) is 39.8. The Balaban J connectivity index is 1.04. The van der Waals surface area contributed by atoms with E-state index in [-0.39, 0.29) is 0 Å². The fourth-order valence-corrected chi connectivity index (χ4v) is 12.0. The number of hydrogen-bond donors (Lipinski definition) is 0. The van der Waals surface area contributed by atoms with Gasteiger partial charge in [0.15, 0.2) is 5.69 Å². The summed E-state index contributed by atoms with van der Waals surface area (Å²) in [5.74, 6) is 0. The maximum atomic E-state index is 9.98. The van der Waals surface area contributed by atoms with E-state index in [0.29, 0.717) is 11.3 Å². The fraction of sp³-hybridized carbons (Fsp3) is 0. The smallest absolute Gasteiger partial charge is 0.187 e. The van der Waals surface area contributed by atoms with Gasteiger partial charge in [0.05, 0.1) is 73.7 Å². The predicted octanol–water partition coefficient (Wildman–Crippen LogP) is 17.8. The van der Waals surface area contributed by atoms with Crippen molar-refractivity contribution >= 4 is 92.9 Å². The molecule has 0 spiro atoms. The minimum atomic E-state index is 0.583. The van der Waals surface area contributed by atoms with Crippen LogP contribution in [-0.2, 0) is 0 Å². The normalized spacial score (nSPS) is 11.8. The Hall–Kier alpha value is -10.4. The number of nitrogens with zero attached hydrogens (tertiary/aromatic N) is 6. The molecule has 0 aliphatic carbocycles. The third-order valence-corrected chi connectivity index (χ3v) is 15.2. The molecule has 11 aromatic carbocycles. The molecule has 0 aliphatic heterocycles. The first-order valence-corrected chi connectivity index (χ1v) is 24.8. The van der Waals surface area contributed by atoms with Crippen LogP contribution in [0.2, 0.25) is 0 Å². The molecular weight excluding hydrogens is 901 g/mol. The quantitative estimate of drug-likeness (QED) is 0.153. The number of fused-ring (bicyclic) bond motifs is 12. The third kappa shape index (κ3) is 6.04.